The Hall–Kier alpha value is -3.29. The van der Waals surface area contributed by atoms with Gasteiger partial charge in [0, 0.05) is 6.20 Å². The smallest absolute Gasteiger partial charge is 0.423 e. The van der Waals surface area contributed by atoms with Crippen LogP contribution in [0.15, 0.2) is 60.8 Å². The quantitative estimate of drug-likeness (QED) is 0.669. The summed E-state index contributed by atoms with van der Waals surface area (Å²) in [5.74, 6) is -0.0675. The van der Waals surface area contributed by atoms with Crippen LogP contribution in [0.3, 0.4) is 0 Å². The number of hydrogen-bond acceptors (Lipinski definition) is 5. The monoisotopic (exact) mass is 375 g/mol. The number of ether oxygens (including phenoxy) is 2. The van der Waals surface area contributed by atoms with Crippen molar-refractivity contribution in [3.63, 3.8) is 0 Å². The lowest BCUT2D eigenvalue weighted by molar-refractivity contribution is -0.139. The third-order valence-electron chi connectivity index (χ3n) is 3.63. The van der Waals surface area contributed by atoms with Crippen molar-refractivity contribution in [3.8, 4) is 11.6 Å². The predicted octanol–water partition coefficient (Wildman–Crippen LogP) is 4.83. The summed E-state index contributed by atoms with van der Waals surface area (Å²) in [6.45, 7) is -0.0466. The van der Waals surface area contributed by atoms with E-state index in [1.165, 1.54) is 7.11 Å². The van der Waals surface area contributed by atoms with Crippen LogP contribution in [0.25, 0.3) is 0 Å². The molecule has 0 aliphatic rings. The number of nitrogens with one attached hydrogen (secondary N) is 1. The zero-order valence-corrected chi connectivity index (χ0v) is 14.3. The highest BCUT2D eigenvalue weighted by atomic mass is 19.4. The molecule has 27 heavy (non-hydrogen) atoms. The fraction of sp³-hybridized carbons (Fsp3) is 0.158. The molecular formula is C19H16F3N3O2. The number of halogens is 3. The summed E-state index contributed by atoms with van der Waals surface area (Å²) in [5.41, 5.74) is 0.209. The highest BCUT2D eigenvalue weighted by Gasteiger charge is 2.36. The van der Waals surface area contributed by atoms with Crippen molar-refractivity contribution >= 4 is 11.6 Å². The molecule has 0 spiro atoms. The Labute approximate surface area is 153 Å². The van der Waals surface area contributed by atoms with Crippen molar-refractivity contribution < 1.29 is 22.6 Å². The SMILES string of the molecule is COc1ccccc1Nc1ncc(C(F)(F)F)c(OCc2ccccc2)n1. The maximum Gasteiger partial charge on any atom is 0.423 e. The largest absolute Gasteiger partial charge is 0.495 e. The highest BCUT2D eigenvalue weighted by molar-refractivity contribution is 5.62. The molecule has 0 fully saturated rings. The lowest BCUT2D eigenvalue weighted by Gasteiger charge is -2.15. The molecule has 3 rings (SSSR count). The van der Waals surface area contributed by atoms with Crippen molar-refractivity contribution in [1.29, 1.82) is 0 Å². The maximum atomic E-state index is 13.3. The highest BCUT2D eigenvalue weighted by Crippen LogP contribution is 2.36. The summed E-state index contributed by atoms with van der Waals surface area (Å²) in [6, 6.07) is 15.8. The van der Waals surface area contributed by atoms with E-state index in [4.69, 9.17) is 9.47 Å². The van der Waals surface area contributed by atoms with Gasteiger partial charge in [0.15, 0.2) is 0 Å². The van der Waals surface area contributed by atoms with E-state index in [2.05, 4.69) is 15.3 Å². The zero-order chi connectivity index (χ0) is 19.3. The first-order chi connectivity index (χ1) is 13.0. The summed E-state index contributed by atoms with van der Waals surface area (Å²) in [7, 11) is 1.49. The number of nitrogens with zero attached hydrogens (tertiary/aromatic N) is 2. The van der Waals surface area contributed by atoms with E-state index in [0.717, 1.165) is 5.56 Å². The van der Waals surface area contributed by atoms with Crippen molar-refractivity contribution in [2.24, 2.45) is 0 Å². The van der Waals surface area contributed by atoms with E-state index in [-0.39, 0.29) is 12.6 Å². The van der Waals surface area contributed by atoms with Crippen molar-refractivity contribution in [1.82, 2.24) is 9.97 Å². The molecule has 1 N–H and O–H groups in total. The maximum absolute atomic E-state index is 13.3. The van der Waals surface area contributed by atoms with Gasteiger partial charge in [-0.15, -0.1) is 0 Å². The second-order valence-corrected chi connectivity index (χ2v) is 5.51. The fourth-order valence-electron chi connectivity index (χ4n) is 2.33. The van der Waals surface area contributed by atoms with Crippen molar-refractivity contribution in [2.75, 3.05) is 12.4 Å². The van der Waals surface area contributed by atoms with Gasteiger partial charge in [0.25, 0.3) is 0 Å². The fourth-order valence-corrected chi connectivity index (χ4v) is 2.33. The first-order valence-corrected chi connectivity index (χ1v) is 7.98. The summed E-state index contributed by atoms with van der Waals surface area (Å²) in [4.78, 5) is 7.66. The van der Waals surface area contributed by atoms with Crippen LogP contribution in [0.1, 0.15) is 11.1 Å². The van der Waals surface area contributed by atoms with Crippen molar-refractivity contribution in [2.45, 2.75) is 12.8 Å². The minimum Gasteiger partial charge on any atom is -0.495 e. The Kier molecular flexibility index (Phi) is 5.44. The van der Waals surface area contributed by atoms with Gasteiger partial charge in [-0.3, -0.25) is 0 Å². The average molecular weight is 375 g/mol. The van der Waals surface area contributed by atoms with Gasteiger partial charge in [-0.05, 0) is 17.7 Å². The van der Waals surface area contributed by atoms with Crippen LogP contribution in [0.4, 0.5) is 24.8 Å². The van der Waals surface area contributed by atoms with Gasteiger partial charge in [0.05, 0.1) is 12.8 Å². The molecule has 140 valence electrons. The molecule has 1 aromatic heterocycles. The van der Waals surface area contributed by atoms with E-state index >= 15 is 0 Å². The molecule has 0 aliphatic carbocycles. The number of methoxy groups -OCH3 is 1. The first kappa shape index (κ1) is 18.5. The Morgan fingerprint density at radius 1 is 1.00 bits per heavy atom. The van der Waals surface area contributed by atoms with Gasteiger partial charge >= 0.3 is 6.18 Å². The molecule has 0 bridgehead atoms. The van der Waals surface area contributed by atoms with E-state index in [0.29, 0.717) is 17.6 Å². The number of alkyl halides is 3. The van der Waals surface area contributed by atoms with Crippen LogP contribution in [0, 0.1) is 0 Å². The van der Waals surface area contributed by atoms with E-state index < -0.39 is 17.6 Å². The predicted molar refractivity (Wildman–Crippen MR) is 94.1 cm³/mol. The second kappa shape index (κ2) is 7.94. The summed E-state index contributed by atoms with van der Waals surface area (Å²) < 4.78 is 50.3. The van der Waals surface area contributed by atoms with Crippen LogP contribution in [0.2, 0.25) is 0 Å². The Morgan fingerprint density at radius 3 is 2.41 bits per heavy atom. The molecule has 1 heterocycles. The van der Waals surface area contributed by atoms with Gasteiger partial charge in [-0.1, -0.05) is 42.5 Å². The lowest BCUT2D eigenvalue weighted by atomic mass is 10.2. The number of hydrogen-bond donors (Lipinski definition) is 1. The third-order valence-corrected chi connectivity index (χ3v) is 3.63. The summed E-state index contributed by atoms with van der Waals surface area (Å²) >= 11 is 0. The number of para-hydroxylation sites is 2. The normalized spacial score (nSPS) is 11.1. The van der Waals surface area contributed by atoms with Crippen LogP contribution >= 0.6 is 0 Å². The van der Waals surface area contributed by atoms with Gasteiger partial charge in [-0.2, -0.15) is 18.2 Å². The molecular weight excluding hydrogens is 359 g/mol. The van der Waals surface area contributed by atoms with Crippen LogP contribution < -0.4 is 14.8 Å². The van der Waals surface area contributed by atoms with E-state index in [1.807, 2.05) is 6.07 Å². The average Bonchev–Trinajstić information content (AvgIpc) is 2.67. The molecule has 5 nitrogen and oxygen atoms in total. The molecule has 0 atom stereocenters. The third kappa shape index (κ3) is 4.66. The topological polar surface area (TPSA) is 56.3 Å². The van der Waals surface area contributed by atoms with Gasteiger partial charge in [0.1, 0.15) is 17.9 Å². The number of rotatable bonds is 6. The Morgan fingerprint density at radius 2 is 1.70 bits per heavy atom. The molecule has 8 heteroatoms. The molecule has 0 unspecified atom stereocenters. The second-order valence-electron chi connectivity index (χ2n) is 5.51. The molecule has 3 aromatic rings. The first-order valence-electron chi connectivity index (χ1n) is 7.98. The molecule has 0 aliphatic heterocycles. The summed E-state index contributed by atoms with van der Waals surface area (Å²) in [5, 5.41) is 2.85. The van der Waals surface area contributed by atoms with Crippen LogP contribution in [-0.2, 0) is 12.8 Å². The van der Waals surface area contributed by atoms with Gasteiger partial charge in [0.2, 0.25) is 11.8 Å². The van der Waals surface area contributed by atoms with Crippen LogP contribution in [0.5, 0.6) is 11.6 Å². The van der Waals surface area contributed by atoms with Crippen LogP contribution in [-0.4, -0.2) is 17.1 Å². The Bertz CT molecular complexity index is 902. The van der Waals surface area contributed by atoms with E-state index in [1.54, 1.807) is 48.5 Å². The van der Waals surface area contributed by atoms with Crippen molar-refractivity contribution in [3.05, 3.63) is 71.9 Å². The van der Waals surface area contributed by atoms with E-state index in [9.17, 15) is 13.2 Å². The zero-order valence-electron chi connectivity index (χ0n) is 14.3. The minimum atomic E-state index is -4.63. The number of anilines is 2. The molecule has 0 amide bonds. The molecule has 0 saturated heterocycles. The standard InChI is InChI=1S/C19H16F3N3O2/c1-26-16-10-6-5-9-15(16)24-18-23-11-14(19(20,21)22)17(25-18)27-12-13-7-3-2-4-8-13/h2-11H,12H2,1H3,(H,23,24,25). The molecule has 2 aromatic carbocycles. The molecule has 0 saturated carbocycles. The Balaban J connectivity index is 1.88. The lowest BCUT2D eigenvalue weighted by Crippen LogP contribution is -2.12. The van der Waals surface area contributed by atoms with Gasteiger partial charge in [-0.25, -0.2) is 4.98 Å². The van der Waals surface area contributed by atoms with Gasteiger partial charge < -0.3 is 14.8 Å². The number of benzene rings is 2. The number of aromatic nitrogens is 2. The minimum absolute atomic E-state index is 0.0319. The molecule has 0 radical (unpaired) electrons. The summed E-state index contributed by atoms with van der Waals surface area (Å²) in [6.07, 6.45) is -3.93.